The van der Waals surface area contributed by atoms with Crippen LogP contribution in [-0.4, -0.2) is 37.6 Å². The number of ether oxygens (including phenoxy) is 1. The molecule has 2 aromatic rings. The molecule has 9 nitrogen and oxygen atoms in total. The molecule has 0 saturated heterocycles. The quantitative estimate of drug-likeness (QED) is 0.473. The maximum absolute atomic E-state index is 13.1. The average Bonchev–Trinajstić information content (AvgIpc) is 2.67. The lowest BCUT2D eigenvalue weighted by Crippen LogP contribution is -2.33. The van der Waals surface area contributed by atoms with Crippen LogP contribution < -0.4 is 9.04 Å². The van der Waals surface area contributed by atoms with Gasteiger partial charge in [0.15, 0.2) is 4.90 Å². The van der Waals surface area contributed by atoms with Crippen LogP contribution >= 0.6 is 0 Å². The Labute approximate surface area is 162 Å². The largest absolute Gasteiger partial charge is 0.494 e. The third-order valence-electron chi connectivity index (χ3n) is 3.76. The van der Waals surface area contributed by atoms with Crippen molar-refractivity contribution >= 4 is 27.4 Å². The summed E-state index contributed by atoms with van der Waals surface area (Å²) in [7, 11) is -4.37. The number of carboxylic acids is 1. The zero-order valence-electron chi connectivity index (χ0n) is 15.1. The highest BCUT2D eigenvalue weighted by Gasteiger charge is 2.32. The summed E-state index contributed by atoms with van der Waals surface area (Å²) >= 11 is 0. The minimum Gasteiger partial charge on any atom is -0.494 e. The van der Waals surface area contributed by atoms with Gasteiger partial charge >= 0.3 is 5.97 Å². The zero-order chi connectivity index (χ0) is 20.7. The third kappa shape index (κ3) is 4.97. The van der Waals surface area contributed by atoms with Gasteiger partial charge < -0.3 is 9.84 Å². The molecular formula is C18H20N2O7S. The molecule has 0 heterocycles. The lowest BCUT2D eigenvalue weighted by Gasteiger charge is -2.24. The number of hydrogen-bond acceptors (Lipinski definition) is 6. The van der Waals surface area contributed by atoms with Crippen LogP contribution in [0.15, 0.2) is 53.4 Å². The molecule has 10 heteroatoms. The summed E-state index contributed by atoms with van der Waals surface area (Å²) in [5.41, 5.74) is -0.394. The smallest absolute Gasteiger partial charge is 0.305 e. The van der Waals surface area contributed by atoms with E-state index < -0.39 is 37.9 Å². The van der Waals surface area contributed by atoms with Crippen molar-refractivity contribution < 1.29 is 28.0 Å². The highest BCUT2D eigenvalue weighted by molar-refractivity contribution is 7.93. The van der Waals surface area contributed by atoms with Gasteiger partial charge in [-0.3, -0.25) is 19.2 Å². The van der Waals surface area contributed by atoms with E-state index in [2.05, 4.69) is 0 Å². The first-order valence-corrected chi connectivity index (χ1v) is 9.92. The number of anilines is 1. The molecular weight excluding hydrogens is 388 g/mol. The normalized spacial score (nSPS) is 11.0. The van der Waals surface area contributed by atoms with E-state index in [-0.39, 0.29) is 12.2 Å². The summed E-state index contributed by atoms with van der Waals surface area (Å²) in [6, 6.07) is 11.0. The third-order valence-corrected chi connectivity index (χ3v) is 5.63. The molecule has 1 N–H and O–H groups in total. The van der Waals surface area contributed by atoms with Gasteiger partial charge in [-0.05, 0) is 36.8 Å². The first kappa shape index (κ1) is 21.2. The van der Waals surface area contributed by atoms with Crippen molar-refractivity contribution in [3.05, 3.63) is 58.6 Å². The molecule has 0 aliphatic carbocycles. The fourth-order valence-corrected chi connectivity index (χ4v) is 4.08. The number of nitrogens with zero attached hydrogens (tertiary/aromatic N) is 2. The van der Waals surface area contributed by atoms with Crippen LogP contribution in [0, 0.1) is 10.1 Å². The fraction of sp³-hybridized carbons (Fsp3) is 0.278. The second-order valence-corrected chi connectivity index (χ2v) is 7.62. The number of sulfonamides is 1. The van der Waals surface area contributed by atoms with E-state index in [1.54, 1.807) is 12.1 Å². The van der Waals surface area contributed by atoms with Crippen LogP contribution in [0.5, 0.6) is 5.75 Å². The molecule has 0 aliphatic rings. The zero-order valence-corrected chi connectivity index (χ0v) is 16.0. The second kappa shape index (κ2) is 9.18. The Morgan fingerprint density at radius 2 is 1.82 bits per heavy atom. The van der Waals surface area contributed by atoms with E-state index in [0.717, 1.165) is 22.9 Å². The van der Waals surface area contributed by atoms with Crippen LogP contribution in [0.3, 0.4) is 0 Å². The minimum atomic E-state index is -4.37. The number of nitro groups is 1. The molecule has 2 rings (SSSR count). The fourth-order valence-electron chi connectivity index (χ4n) is 2.46. The average molecular weight is 408 g/mol. The summed E-state index contributed by atoms with van der Waals surface area (Å²) in [6.07, 6.45) is 0.340. The molecule has 0 amide bonds. The Hall–Kier alpha value is -3.14. The van der Waals surface area contributed by atoms with E-state index in [1.165, 1.54) is 24.3 Å². The lowest BCUT2D eigenvalue weighted by molar-refractivity contribution is -0.387. The van der Waals surface area contributed by atoms with Gasteiger partial charge in [-0.15, -0.1) is 0 Å². The molecule has 0 unspecified atom stereocenters. The summed E-state index contributed by atoms with van der Waals surface area (Å²) in [5, 5.41) is 20.2. The highest BCUT2D eigenvalue weighted by atomic mass is 32.2. The topological polar surface area (TPSA) is 127 Å². The second-order valence-electron chi connectivity index (χ2n) is 5.79. The molecule has 0 fully saturated rings. The molecule has 0 aliphatic heterocycles. The van der Waals surface area contributed by atoms with Gasteiger partial charge in [0.1, 0.15) is 5.75 Å². The molecule has 0 atom stereocenters. The van der Waals surface area contributed by atoms with Gasteiger partial charge in [0.25, 0.3) is 15.7 Å². The van der Waals surface area contributed by atoms with Crippen LogP contribution in [0.2, 0.25) is 0 Å². The Kier molecular flexibility index (Phi) is 6.94. The number of aliphatic carboxylic acids is 1. The van der Waals surface area contributed by atoms with Crippen molar-refractivity contribution in [3.63, 3.8) is 0 Å². The number of carboxylic acid groups (broad SMARTS) is 1. The summed E-state index contributed by atoms with van der Waals surface area (Å²) in [5.74, 6) is -0.655. The van der Waals surface area contributed by atoms with Gasteiger partial charge in [-0.1, -0.05) is 19.1 Å². The van der Waals surface area contributed by atoms with Crippen molar-refractivity contribution in [2.75, 3.05) is 17.5 Å². The molecule has 0 radical (unpaired) electrons. The standard InChI is InChI=1S/C18H20N2O7S/c1-2-13-27-15-9-7-14(8-10-15)19(12-11-18(21)22)28(25,26)17-6-4-3-5-16(17)20(23)24/h3-10H,2,11-13H2,1H3,(H,21,22). The van der Waals surface area contributed by atoms with Gasteiger partial charge in [-0.25, -0.2) is 8.42 Å². The van der Waals surface area contributed by atoms with Crippen LogP contribution in [-0.2, 0) is 14.8 Å². The highest BCUT2D eigenvalue weighted by Crippen LogP contribution is 2.30. The van der Waals surface area contributed by atoms with E-state index in [4.69, 9.17) is 9.84 Å². The summed E-state index contributed by atoms with van der Waals surface area (Å²) < 4.78 is 32.6. The Balaban J connectivity index is 2.48. The van der Waals surface area contributed by atoms with Crippen molar-refractivity contribution in [1.82, 2.24) is 0 Å². The van der Waals surface area contributed by atoms with E-state index in [1.807, 2.05) is 6.92 Å². The number of para-hydroxylation sites is 1. The molecule has 0 bridgehead atoms. The van der Waals surface area contributed by atoms with E-state index >= 15 is 0 Å². The number of rotatable bonds is 10. The van der Waals surface area contributed by atoms with Gasteiger partial charge in [0.05, 0.1) is 23.6 Å². The Morgan fingerprint density at radius 1 is 1.18 bits per heavy atom. The summed E-state index contributed by atoms with van der Waals surface area (Å²) in [6.45, 7) is 2.07. The van der Waals surface area contributed by atoms with E-state index in [0.29, 0.717) is 12.4 Å². The van der Waals surface area contributed by atoms with Crippen molar-refractivity contribution in [2.45, 2.75) is 24.7 Å². The van der Waals surface area contributed by atoms with Crippen LogP contribution in [0.1, 0.15) is 19.8 Å². The maximum Gasteiger partial charge on any atom is 0.305 e. The number of hydrogen-bond donors (Lipinski definition) is 1. The van der Waals surface area contributed by atoms with Crippen molar-refractivity contribution in [2.24, 2.45) is 0 Å². The van der Waals surface area contributed by atoms with Gasteiger partial charge in [0, 0.05) is 12.6 Å². The van der Waals surface area contributed by atoms with Gasteiger partial charge in [-0.2, -0.15) is 0 Å². The van der Waals surface area contributed by atoms with Crippen molar-refractivity contribution in [1.29, 1.82) is 0 Å². The van der Waals surface area contributed by atoms with E-state index in [9.17, 15) is 23.3 Å². The SMILES string of the molecule is CCCOc1ccc(N(CCC(=O)O)S(=O)(=O)c2ccccc2[N+](=O)[O-])cc1. The molecule has 0 spiro atoms. The maximum atomic E-state index is 13.1. The Bertz CT molecular complexity index is 943. The molecule has 2 aromatic carbocycles. The summed E-state index contributed by atoms with van der Waals surface area (Å²) in [4.78, 5) is 21.0. The molecule has 0 saturated carbocycles. The first-order chi connectivity index (χ1) is 13.3. The number of benzene rings is 2. The predicted octanol–water partition coefficient (Wildman–Crippen LogP) is 3.05. The van der Waals surface area contributed by atoms with Crippen LogP contribution in [0.25, 0.3) is 0 Å². The van der Waals surface area contributed by atoms with Gasteiger partial charge in [0.2, 0.25) is 0 Å². The lowest BCUT2D eigenvalue weighted by atomic mass is 10.3. The monoisotopic (exact) mass is 408 g/mol. The molecule has 150 valence electrons. The van der Waals surface area contributed by atoms with Crippen LogP contribution in [0.4, 0.5) is 11.4 Å². The number of nitro benzene ring substituents is 1. The molecule has 28 heavy (non-hydrogen) atoms. The van der Waals surface area contributed by atoms with Crippen molar-refractivity contribution in [3.8, 4) is 5.75 Å². The molecule has 0 aromatic heterocycles. The number of carbonyl (C=O) groups is 1. The Morgan fingerprint density at radius 3 is 2.39 bits per heavy atom. The predicted molar refractivity (Wildman–Crippen MR) is 102 cm³/mol. The first-order valence-electron chi connectivity index (χ1n) is 8.48. The minimum absolute atomic E-state index is 0.184.